The Morgan fingerprint density at radius 2 is 2.14 bits per heavy atom. The number of anilines is 2. The summed E-state index contributed by atoms with van der Waals surface area (Å²) in [6.45, 7) is 3.61. The maximum atomic E-state index is 12.7. The predicted molar refractivity (Wildman–Crippen MR) is 107 cm³/mol. The van der Waals surface area contributed by atoms with Crippen LogP contribution < -0.4 is 15.0 Å². The van der Waals surface area contributed by atoms with Crippen LogP contribution in [0.3, 0.4) is 0 Å². The summed E-state index contributed by atoms with van der Waals surface area (Å²) in [6.07, 6.45) is 0.398. The quantitative estimate of drug-likeness (QED) is 0.656. The van der Waals surface area contributed by atoms with Crippen LogP contribution >= 0.6 is 11.3 Å². The van der Waals surface area contributed by atoms with Gasteiger partial charge in [-0.05, 0) is 31.5 Å². The molecule has 10 heteroatoms. The van der Waals surface area contributed by atoms with E-state index >= 15 is 0 Å². The van der Waals surface area contributed by atoms with Gasteiger partial charge >= 0.3 is 0 Å². The molecule has 154 valence electrons. The molecule has 1 unspecified atom stereocenters. The van der Waals surface area contributed by atoms with Crippen molar-refractivity contribution in [1.82, 2.24) is 10.2 Å². The smallest absolute Gasteiger partial charge is 0.268 e. The Bertz CT molecular complexity index is 929. The van der Waals surface area contributed by atoms with Crippen molar-refractivity contribution in [3.63, 3.8) is 0 Å². The monoisotopic (exact) mass is 418 g/mol. The highest BCUT2D eigenvalue weighted by molar-refractivity contribution is 7.15. The van der Waals surface area contributed by atoms with E-state index in [2.05, 4.69) is 15.5 Å². The van der Waals surface area contributed by atoms with Crippen molar-refractivity contribution in [1.29, 1.82) is 0 Å². The van der Waals surface area contributed by atoms with Crippen LogP contribution in [-0.2, 0) is 20.9 Å². The van der Waals surface area contributed by atoms with Crippen LogP contribution in [0.15, 0.2) is 18.2 Å². The number of ether oxygens (including phenoxy) is 2. The van der Waals surface area contributed by atoms with Gasteiger partial charge in [-0.1, -0.05) is 18.3 Å². The molecule has 2 aromatic rings. The van der Waals surface area contributed by atoms with Gasteiger partial charge in [0.15, 0.2) is 11.9 Å². The summed E-state index contributed by atoms with van der Waals surface area (Å²) >= 11 is 1.19. The lowest BCUT2D eigenvalue weighted by atomic mass is 10.0. The third-order valence-electron chi connectivity index (χ3n) is 4.25. The molecule has 3 rings (SSSR count). The number of benzene rings is 1. The van der Waals surface area contributed by atoms with E-state index in [0.717, 1.165) is 6.42 Å². The number of ketones is 1. The van der Waals surface area contributed by atoms with Gasteiger partial charge < -0.3 is 9.47 Å². The minimum Gasteiger partial charge on any atom is -0.479 e. The number of carbonyl (C=O) groups is 3. The number of fused-ring (bicyclic) bond motifs is 1. The average Bonchev–Trinajstić information content (AvgIpc) is 3.12. The van der Waals surface area contributed by atoms with Crippen LogP contribution in [0.4, 0.5) is 10.8 Å². The summed E-state index contributed by atoms with van der Waals surface area (Å²) in [6, 6.07) is 4.94. The molecule has 0 saturated heterocycles. The van der Waals surface area contributed by atoms with Gasteiger partial charge in [0.1, 0.15) is 23.9 Å². The maximum absolute atomic E-state index is 12.7. The number of rotatable bonds is 8. The second-order valence-corrected chi connectivity index (χ2v) is 7.58. The number of amides is 2. The van der Waals surface area contributed by atoms with Gasteiger partial charge in [0, 0.05) is 19.1 Å². The topological polar surface area (TPSA) is 111 Å². The van der Waals surface area contributed by atoms with Crippen molar-refractivity contribution < 1.29 is 23.9 Å². The highest BCUT2D eigenvalue weighted by Crippen LogP contribution is 2.35. The van der Waals surface area contributed by atoms with Gasteiger partial charge in [0.2, 0.25) is 11.0 Å². The first-order valence-electron chi connectivity index (χ1n) is 9.19. The first-order chi connectivity index (χ1) is 13.9. The molecule has 0 bridgehead atoms. The van der Waals surface area contributed by atoms with Crippen molar-refractivity contribution in [3.8, 4) is 5.75 Å². The Kier molecular flexibility index (Phi) is 6.55. The van der Waals surface area contributed by atoms with E-state index in [1.165, 1.54) is 16.2 Å². The van der Waals surface area contributed by atoms with Crippen molar-refractivity contribution >= 4 is 39.8 Å². The van der Waals surface area contributed by atoms with Crippen LogP contribution in [0, 0.1) is 0 Å². The van der Waals surface area contributed by atoms with E-state index < -0.39 is 12.0 Å². The first-order valence-corrected chi connectivity index (χ1v) is 10.0. The molecule has 29 heavy (non-hydrogen) atoms. The largest absolute Gasteiger partial charge is 0.479 e. The number of methoxy groups -OCH3 is 1. The standard InChI is InChI=1S/C19H22N4O5S/c1-4-5-14(24)12-6-7-15-13(8-12)23(18(26)11(2)28-15)9-16(25)20-19-22-21-17(29-19)10-27-3/h6-8,11H,4-5,9-10H2,1-3H3,(H,20,22,25). The molecule has 2 amide bonds. The Hall–Kier alpha value is -2.85. The summed E-state index contributed by atoms with van der Waals surface area (Å²) < 4.78 is 10.6. The zero-order valence-corrected chi connectivity index (χ0v) is 17.2. The molecule has 0 aliphatic carbocycles. The van der Waals surface area contributed by atoms with E-state index in [9.17, 15) is 14.4 Å². The molecule has 1 atom stereocenters. The van der Waals surface area contributed by atoms with E-state index in [1.54, 1.807) is 32.2 Å². The first kappa shape index (κ1) is 20.9. The second kappa shape index (κ2) is 9.10. The van der Waals surface area contributed by atoms with Crippen LogP contribution in [0.1, 0.15) is 42.1 Å². The number of nitrogens with zero attached hydrogens (tertiary/aromatic N) is 3. The van der Waals surface area contributed by atoms with Gasteiger partial charge in [0.05, 0.1) is 5.69 Å². The summed E-state index contributed by atoms with van der Waals surface area (Å²) in [5.41, 5.74) is 0.887. The minimum absolute atomic E-state index is 0.0229. The predicted octanol–water partition coefficient (Wildman–Crippen LogP) is 2.42. The lowest BCUT2D eigenvalue weighted by Crippen LogP contribution is -2.47. The average molecular weight is 418 g/mol. The number of nitrogens with one attached hydrogen (secondary N) is 1. The maximum Gasteiger partial charge on any atom is 0.268 e. The summed E-state index contributed by atoms with van der Waals surface area (Å²) in [5, 5.41) is 11.4. The van der Waals surface area contributed by atoms with Gasteiger partial charge in [-0.3, -0.25) is 24.6 Å². The van der Waals surface area contributed by atoms with Crippen LogP contribution in [0.2, 0.25) is 0 Å². The second-order valence-electron chi connectivity index (χ2n) is 6.52. The van der Waals surface area contributed by atoms with Crippen LogP contribution in [-0.4, -0.2) is 47.6 Å². The molecule has 9 nitrogen and oxygen atoms in total. The normalized spacial score (nSPS) is 15.6. The van der Waals surface area contributed by atoms with Crippen molar-refractivity contribution in [3.05, 3.63) is 28.8 Å². The molecule has 1 aromatic carbocycles. The van der Waals surface area contributed by atoms with Crippen molar-refractivity contribution in [2.24, 2.45) is 0 Å². The van der Waals surface area contributed by atoms with E-state index in [0.29, 0.717) is 40.2 Å². The summed E-state index contributed by atoms with van der Waals surface area (Å²) in [4.78, 5) is 38.8. The molecular formula is C19H22N4O5S. The summed E-state index contributed by atoms with van der Waals surface area (Å²) in [7, 11) is 1.54. The van der Waals surface area contributed by atoms with Gasteiger partial charge in [-0.15, -0.1) is 10.2 Å². The minimum atomic E-state index is -0.734. The van der Waals surface area contributed by atoms with Crippen molar-refractivity contribution in [2.75, 3.05) is 23.9 Å². The molecule has 1 aromatic heterocycles. The van der Waals surface area contributed by atoms with Gasteiger partial charge in [0.25, 0.3) is 5.91 Å². The third-order valence-corrected chi connectivity index (χ3v) is 5.06. The Morgan fingerprint density at radius 3 is 2.86 bits per heavy atom. The SMILES string of the molecule is CCCC(=O)c1ccc2c(c1)N(CC(=O)Nc1nnc(COC)s1)C(=O)C(C)O2. The molecule has 0 fully saturated rings. The molecule has 2 heterocycles. The van der Waals surface area contributed by atoms with E-state index in [4.69, 9.17) is 9.47 Å². The van der Waals surface area contributed by atoms with Gasteiger partial charge in [-0.2, -0.15) is 0 Å². The highest BCUT2D eigenvalue weighted by atomic mass is 32.1. The lowest BCUT2D eigenvalue weighted by Gasteiger charge is -2.32. The number of aromatic nitrogens is 2. The third kappa shape index (κ3) is 4.77. The number of carbonyl (C=O) groups excluding carboxylic acids is 3. The van der Waals surface area contributed by atoms with E-state index in [-0.39, 0.29) is 18.2 Å². The molecule has 0 saturated carbocycles. The number of hydrogen-bond acceptors (Lipinski definition) is 8. The molecule has 1 N–H and O–H groups in total. The molecular weight excluding hydrogens is 396 g/mol. The molecule has 1 aliphatic heterocycles. The number of hydrogen-bond donors (Lipinski definition) is 1. The fourth-order valence-electron chi connectivity index (χ4n) is 2.90. The van der Waals surface area contributed by atoms with Gasteiger partial charge in [-0.25, -0.2) is 0 Å². The Labute approximate surface area is 172 Å². The highest BCUT2D eigenvalue weighted by Gasteiger charge is 2.33. The lowest BCUT2D eigenvalue weighted by molar-refractivity contribution is -0.127. The zero-order chi connectivity index (χ0) is 21.0. The zero-order valence-electron chi connectivity index (χ0n) is 16.4. The number of Topliss-reactive ketones (excluding diaryl/α,β-unsaturated/α-hetero) is 1. The molecule has 0 radical (unpaired) electrons. The van der Waals surface area contributed by atoms with Crippen molar-refractivity contribution in [2.45, 2.75) is 39.4 Å². The van der Waals surface area contributed by atoms with Crippen LogP contribution in [0.25, 0.3) is 0 Å². The summed E-state index contributed by atoms with van der Waals surface area (Å²) in [5.74, 6) is -0.351. The molecule has 0 spiro atoms. The van der Waals surface area contributed by atoms with Crippen LogP contribution in [0.5, 0.6) is 5.75 Å². The van der Waals surface area contributed by atoms with E-state index in [1.807, 2.05) is 6.92 Å². The Balaban J connectivity index is 1.80. The fourth-order valence-corrected chi connectivity index (χ4v) is 3.63. The fraction of sp³-hybridized carbons (Fsp3) is 0.421. The molecule has 1 aliphatic rings. The Morgan fingerprint density at radius 1 is 1.34 bits per heavy atom.